The molecular weight excluding hydrogens is 446 g/mol. The molecule has 0 bridgehead atoms. The van der Waals surface area contributed by atoms with Crippen molar-refractivity contribution in [3.05, 3.63) is 72.8 Å². The highest BCUT2D eigenvalue weighted by Gasteiger charge is 2.32. The van der Waals surface area contributed by atoms with Crippen molar-refractivity contribution in [3.8, 4) is 11.5 Å². The molecule has 0 aliphatic rings. The minimum Gasteiger partial charge on any atom is -0.465 e. The van der Waals surface area contributed by atoms with Gasteiger partial charge in [0.1, 0.15) is 22.4 Å². The average molecular weight is 483 g/mol. The van der Waals surface area contributed by atoms with Crippen LogP contribution in [0.25, 0.3) is 0 Å². The molecule has 0 aromatic heterocycles. The third-order valence-corrected chi connectivity index (χ3v) is 7.36. The van der Waals surface area contributed by atoms with E-state index in [1.807, 2.05) is 52.0 Å². The highest BCUT2D eigenvalue weighted by atomic mass is 32.2. The summed E-state index contributed by atoms with van der Waals surface area (Å²) in [6.45, 7) is 8.98. The van der Waals surface area contributed by atoms with E-state index >= 15 is 0 Å². The first-order chi connectivity index (χ1) is 16.4. The van der Waals surface area contributed by atoms with Crippen LogP contribution in [-0.2, 0) is 20.4 Å². The second-order valence-corrected chi connectivity index (χ2v) is 9.89. The van der Waals surface area contributed by atoms with E-state index in [0.29, 0.717) is 13.2 Å². The summed E-state index contributed by atoms with van der Waals surface area (Å²) in [5.41, 5.74) is 1.20. The summed E-state index contributed by atoms with van der Waals surface area (Å²) in [5.74, 6) is 1.59. The SMILES string of the molecule is CCOC(C)Oc1ccc([S+](c2ccc(OC(C)OCC)cc2)c2ccccc2N(C)C)cc1. The molecule has 2 atom stereocenters. The lowest BCUT2D eigenvalue weighted by molar-refractivity contribution is -0.0616. The number of benzene rings is 3. The first-order valence-electron chi connectivity index (χ1n) is 11.7. The monoisotopic (exact) mass is 482 g/mol. The van der Waals surface area contributed by atoms with Gasteiger partial charge in [-0.3, -0.25) is 0 Å². The molecular formula is C28H36NO4S+. The summed E-state index contributed by atoms with van der Waals surface area (Å²) in [6.07, 6.45) is -0.564. The molecule has 182 valence electrons. The van der Waals surface area contributed by atoms with Crippen molar-refractivity contribution in [1.29, 1.82) is 0 Å². The number of hydrogen-bond acceptors (Lipinski definition) is 5. The molecule has 34 heavy (non-hydrogen) atoms. The highest BCUT2D eigenvalue weighted by molar-refractivity contribution is 7.97. The Bertz CT molecular complexity index is 950. The number of hydrogen-bond donors (Lipinski definition) is 0. The second-order valence-electron chi connectivity index (χ2n) is 7.89. The van der Waals surface area contributed by atoms with Crippen LogP contribution >= 0.6 is 0 Å². The van der Waals surface area contributed by atoms with E-state index < -0.39 is 0 Å². The van der Waals surface area contributed by atoms with Gasteiger partial charge in [-0.15, -0.1) is 0 Å². The molecule has 0 fully saturated rings. The highest BCUT2D eigenvalue weighted by Crippen LogP contribution is 2.37. The molecule has 0 amide bonds. The fourth-order valence-corrected chi connectivity index (χ4v) is 5.89. The summed E-state index contributed by atoms with van der Waals surface area (Å²) in [6, 6.07) is 25.2. The van der Waals surface area contributed by atoms with E-state index in [4.69, 9.17) is 18.9 Å². The van der Waals surface area contributed by atoms with E-state index in [9.17, 15) is 0 Å². The van der Waals surface area contributed by atoms with Crippen molar-refractivity contribution in [2.24, 2.45) is 0 Å². The van der Waals surface area contributed by atoms with Crippen LogP contribution in [0.4, 0.5) is 5.69 Å². The molecule has 0 radical (unpaired) electrons. The Morgan fingerprint density at radius 3 is 1.53 bits per heavy atom. The van der Waals surface area contributed by atoms with Crippen LogP contribution < -0.4 is 14.4 Å². The number of anilines is 1. The summed E-state index contributed by atoms with van der Waals surface area (Å²) >= 11 is 0. The Morgan fingerprint density at radius 2 is 1.12 bits per heavy atom. The van der Waals surface area contributed by atoms with Gasteiger partial charge in [-0.2, -0.15) is 0 Å². The van der Waals surface area contributed by atoms with Gasteiger partial charge in [-0.25, -0.2) is 0 Å². The van der Waals surface area contributed by atoms with Crippen molar-refractivity contribution in [2.45, 2.75) is 55.0 Å². The third kappa shape index (κ3) is 6.92. The molecule has 6 heteroatoms. The lowest BCUT2D eigenvalue weighted by Crippen LogP contribution is -2.17. The van der Waals surface area contributed by atoms with Gasteiger partial charge >= 0.3 is 0 Å². The standard InChI is InChI=1S/C28H36NO4S/c1-7-30-21(3)32-23-13-17-25(18-14-23)34(28-12-10-9-11-27(28)29(5)6)26-19-15-24(16-20-26)33-22(4)31-8-2/h9-22H,7-8H2,1-6H3/q+1. The van der Waals surface area contributed by atoms with Gasteiger partial charge in [0.25, 0.3) is 0 Å². The fourth-order valence-electron chi connectivity index (χ4n) is 3.62. The maximum atomic E-state index is 5.88. The van der Waals surface area contributed by atoms with Crippen molar-refractivity contribution in [3.63, 3.8) is 0 Å². The summed E-state index contributed by atoms with van der Waals surface area (Å²) in [7, 11) is 3.85. The lowest BCUT2D eigenvalue weighted by Gasteiger charge is -2.18. The normalized spacial score (nSPS) is 13.7. The first kappa shape index (κ1) is 25.9. The van der Waals surface area contributed by atoms with E-state index in [0.717, 1.165) is 11.5 Å². The zero-order chi connectivity index (χ0) is 24.5. The van der Waals surface area contributed by atoms with Crippen LogP contribution in [0.2, 0.25) is 0 Å². The lowest BCUT2D eigenvalue weighted by atomic mass is 10.3. The van der Waals surface area contributed by atoms with Gasteiger partial charge in [0, 0.05) is 27.3 Å². The van der Waals surface area contributed by atoms with Crippen molar-refractivity contribution < 1.29 is 18.9 Å². The van der Waals surface area contributed by atoms with E-state index in [1.54, 1.807) is 0 Å². The van der Waals surface area contributed by atoms with Crippen molar-refractivity contribution in [1.82, 2.24) is 0 Å². The molecule has 0 N–H and O–H groups in total. The number of para-hydroxylation sites is 1. The minimum absolute atomic E-state index is 0.282. The summed E-state index contributed by atoms with van der Waals surface area (Å²) < 4.78 is 22.8. The molecule has 0 saturated heterocycles. The average Bonchev–Trinajstić information content (AvgIpc) is 2.82. The van der Waals surface area contributed by atoms with Crippen LogP contribution in [0.3, 0.4) is 0 Å². The summed E-state index contributed by atoms with van der Waals surface area (Å²) in [5, 5.41) is 0. The Labute approximate surface area is 207 Å². The molecule has 3 rings (SSSR count). The largest absolute Gasteiger partial charge is 0.465 e. The van der Waals surface area contributed by atoms with Crippen LogP contribution in [0.15, 0.2) is 87.5 Å². The van der Waals surface area contributed by atoms with E-state index in [2.05, 4.69) is 67.5 Å². The smallest absolute Gasteiger partial charge is 0.196 e. The maximum Gasteiger partial charge on any atom is 0.196 e. The van der Waals surface area contributed by atoms with E-state index in [-0.39, 0.29) is 23.5 Å². The fraction of sp³-hybridized carbons (Fsp3) is 0.357. The minimum atomic E-state index is -0.311. The van der Waals surface area contributed by atoms with Gasteiger partial charge in [-0.05, 0) is 88.4 Å². The third-order valence-electron chi connectivity index (χ3n) is 5.09. The Hall–Kier alpha value is -2.67. The predicted molar refractivity (Wildman–Crippen MR) is 139 cm³/mol. The van der Waals surface area contributed by atoms with Crippen molar-refractivity contribution in [2.75, 3.05) is 32.2 Å². The second kappa shape index (κ2) is 12.7. The molecule has 3 aromatic carbocycles. The Balaban J connectivity index is 1.96. The Morgan fingerprint density at radius 1 is 0.676 bits per heavy atom. The van der Waals surface area contributed by atoms with Crippen LogP contribution in [0, 0.1) is 0 Å². The number of ether oxygens (including phenoxy) is 4. The van der Waals surface area contributed by atoms with Gasteiger partial charge in [0.2, 0.25) is 0 Å². The first-order valence-corrected chi connectivity index (χ1v) is 12.9. The molecule has 3 aromatic rings. The van der Waals surface area contributed by atoms with Gasteiger partial charge in [0.05, 0.1) is 5.69 Å². The van der Waals surface area contributed by atoms with Crippen LogP contribution in [0.1, 0.15) is 27.7 Å². The molecule has 0 aliphatic heterocycles. The molecule has 0 aliphatic carbocycles. The number of rotatable bonds is 12. The van der Waals surface area contributed by atoms with E-state index in [1.165, 1.54) is 20.4 Å². The molecule has 2 unspecified atom stereocenters. The number of nitrogens with zero attached hydrogens (tertiary/aromatic N) is 1. The van der Waals surface area contributed by atoms with Crippen LogP contribution in [0.5, 0.6) is 11.5 Å². The Kier molecular flexibility index (Phi) is 9.69. The van der Waals surface area contributed by atoms with Gasteiger partial charge in [0.15, 0.2) is 27.3 Å². The van der Waals surface area contributed by atoms with Crippen LogP contribution in [-0.4, -0.2) is 39.9 Å². The van der Waals surface area contributed by atoms with Gasteiger partial charge in [-0.1, -0.05) is 12.1 Å². The predicted octanol–water partition coefficient (Wildman–Crippen LogP) is 6.37. The molecule has 0 heterocycles. The molecule has 0 spiro atoms. The maximum absolute atomic E-state index is 5.88. The zero-order valence-electron chi connectivity index (χ0n) is 21.0. The molecule has 0 saturated carbocycles. The quantitative estimate of drug-likeness (QED) is 0.222. The van der Waals surface area contributed by atoms with Crippen molar-refractivity contribution >= 4 is 16.6 Å². The zero-order valence-corrected chi connectivity index (χ0v) is 21.8. The molecule has 5 nitrogen and oxygen atoms in total. The summed E-state index contributed by atoms with van der Waals surface area (Å²) in [4.78, 5) is 5.85. The topological polar surface area (TPSA) is 40.2 Å². The van der Waals surface area contributed by atoms with Gasteiger partial charge < -0.3 is 23.8 Å².